The molecule has 2 amide bonds. The monoisotopic (exact) mass is 373 g/mol. The van der Waals surface area contributed by atoms with E-state index in [0.717, 1.165) is 5.56 Å². The number of nitrogens with one attached hydrogen (secondary N) is 2. The van der Waals surface area contributed by atoms with Gasteiger partial charge in [0, 0.05) is 12.6 Å². The Kier molecular flexibility index (Phi) is 7.54. The van der Waals surface area contributed by atoms with E-state index in [1.54, 1.807) is 19.9 Å². The molecule has 0 aliphatic rings. The number of amides is 2. The molecule has 8 nitrogen and oxygen atoms in total. The molecule has 1 aromatic heterocycles. The van der Waals surface area contributed by atoms with Gasteiger partial charge < -0.3 is 19.9 Å². The van der Waals surface area contributed by atoms with Gasteiger partial charge in [0.05, 0.1) is 12.8 Å². The summed E-state index contributed by atoms with van der Waals surface area (Å²) in [5.41, 5.74) is 0.892. The maximum atomic E-state index is 12.1. The number of anilines is 1. The number of hydrogen-bond acceptors (Lipinski definition) is 6. The van der Waals surface area contributed by atoms with Gasteiger partial charge in [-0.1, -0.05) is 42.4 Å². The second kappa shape index (κ2) is 10.1. The summed E-state index contributed by atoms with van der Waals surface area (Å²) in [6.45, 7) is 3.57. The van der Waals surface area contributed by atoms with Gasteiger partial charge in [0.2, 0.25) is 5.91 Å². The predicted octanol–water partition coefficient (Wildman–Crippen LogP) is 1.99. The van der Waals surface area contributed by atoms with E-state index < -0.39 is 18.0 Å². The van der Waals surface area contributed by atoms with Gasteiger partial charge in [0.15, 0.2) is 11.9 Å². The van der Waals surface area contributed by atoms with Crippen molar-refractivity contribution in [1.29, 1.82) is 0 Å². The van der Waals surface area contributed by atoms with Crippen molar-refractivity contribution in [3.8, 4) is 0 Å². The fraction of sp³-hybridized carbons (Fsp3) is 0.368. The first-order chi connectivity index (χ1) is 13.0. The number of carbonyl (C=O) groups is 3. The van der Waals surface area contributed by atoms with Crippen LogP contribution < -0.4 is 10.6 Å². The van der Waals surface area contributed by atoms with Crippen molar-refractivity contribution in [3.05, 3.63) is 47.7 Å². The topological polar surface area (TPSA) is 111 Å². The lowest BCUT2D eigenvalue weighted by Gasteiger charge is -2.15. The highest BCUT2D eigenvalue weighted by Gasteiger charge is 2.22. The Morgan fingerprint density at radius 1 is 1.22 bits per heavy atom. The standard InChI is InChI=1S/C19H23N3O5/c1-3-15(19(25)21-16-11-13(2)27-22-16)26-18(24)9-10-20-17(23)12-14-7-5-4-6-8-14/h4-8,11,15H,3,9-10,12H2,1-2H3,(H,20,23)(H,21,22,25). The number of ether oxygens (including phenoxy) is 1. The predicted molar refractivity (Wildman–Crippen MR) is 97.8 cm³/mol. The highest BCUT2D eigenvalue weighted by atomic mass is 16.5. The van der Waals surface area contributed by atoms with Crippen molar-refractivity contribution >= 4 is 23.6 Å². The van der Waals surface area contributed by atoms with Gasteiger partial charge in [-0.05, 0) is 18.9 Å². The third-order valence-electron chi connectivity index (χ3n) is 3.67. The fourth-order valence-corrected chi connectivity index (χ4v) is 2.32. The molecule has 0 aliphatic carbocycles. The van der Waals surface area contributed by atoms with Crippen LogP contribution in [-0.4, -0.2) is 35.6 Å². The molecule has 2 aromatic rings. The molecular weight excluding hydrogens is 350 g/mol. The van der Waals surface area contributed by atoms with Crippen LogP contribution >= 0.6 is 0 Å². The molecule has 0 radical (unpaired) electrons. The molecule has 1 aromatic carbocycles. The summed E-state index contributed by atoms with van der Waals surface area (Å²) >= 11 is 0. The van der Waals surface area contributed by atoms with E-state index >= 15 is 0 Å². The van der Waals surface area contributed by atoms with Crippen molar-refractivity contribution in [2.75, 3.05) is 11.9 Å². The number of rotatable bonds is 9. The number of benzene rings is 1. The Bertz CT molecular complexity index is 773. The Labute approximate surface area is 157 Å². The normalized spacial score (nSPS) is 11.5. The summed E-state index contributed by atoms with van der Waals surface area (Å²) in [5.74, 6) is -0.400. The Morgan fingerprint density at radius 3 is 2.59 bits per heavy atom. The third kappa shape index (κ3) is 6.93. The van der Waals surface area contributed by atoms with Crippen LogP contribution in [0.15, 0.2) is 40.9 Å². The highest BCUT2D eigenvalue weighted by molar-refractivity contribution is 5.94. The number of esters is 1. The molecule has 0 fully saturated rings. The largest absolute Gasteiger partial charge is 0.452 e. The average molecular weight is 373 g/mol. The van der Waals surface area contributed by atoms with E-state index in [2.05, 4.69) is 15.8 Å². The minimum absolute atomic E-state index is 0.0205. The first-order valence-electron chi connectivity index (χ1n) is 8.72. The van der Waals surface area contributed by atoms with Crippen LogP contribution in [0, 0.1) is 6.92 Å². The lowest BCUT2D eigenvalue weighted by molar-refractivity contribution is -0.154. The molecule has 0 aliphatic heterocycles. The second-order valence-electron chi connectivity index (χ2n) is 5.96. The lowest BCUT2D eigenvalue weighted by atomic mass is 10.1. The summed E-state index contributed by atoms with van der Waals surface area (Å²) < 4.78 is 10.0. The van der Waals surface area contributed by atoms with Gasteiger partial charge in [-0.2, -0.15) is 0 Å². The van der Waals surface area contributed by atoms with Crippen molar-refractivity contribution < 1.29 is 23.6 Å². The summed E-state index contributed by atoms with van der Waals surface area (Å²) in [4.78, 5) is 35.9. The lowest BCUT2D eigenvalue weighted by Crippen LogP contribution is -2.33. The minimum Gasteiger partial charge on any atom is -0.452 e. The molecule has 8 heteroatoms. The third-order valence-corrected chi connectivity index (χ3v) is 3.67. The minimum atomic E-state index is -0.936. The molecule has 1 heterocycles. The van der Waals surface area contributed by atoms with Gasteiger partial charge >= 0.3 is 5.97 Å². The Balaban J connectivity index is 1.71. The number of aromatic nitrogens is 1. The van der Waals surface area contributed by atoms with Crippen LogP contribution in [0.4, 0.5) is 5.82 Å². The molecular formula is C19H23N3O5. The summed E-state index contributed by atoms with van der Waals surface area (Å²) in [6.07, 6.45) is -0.399. The van der Waals surface area contributed by atoms with Gasteiger partial charge in [-0.3, -0.25) is 14.4 Å². The molecule has 144 valence electrons. The van der Waals surface area contributed by atoms with Crippen molar-refractivity contribution in [2.24, 2.45) is 0 Å². The smallest absolute Gasteiger partial charge is 0.308 e. The SMILES string of the molecule is CCC(OC(=O)CCNC(=O)Cc1ccccc1)C(=O)Nc1cc(C)on1. The van der Waals surface area contributed by atoms with Crippen LogP contribution in [0.3, 0.4) is 0 Å². The van der Waals surface area contributed by atoms with Gasteiger partial charge in [-0.15, -0.1) is 0 Å². The summed E-state index contributed by atoms with van der Waals surface area (Å²) in [6, 6.07) is 10.9. The van der Waals surface area contributed by atoms with E-state index in [1.807, 2.05) is 30.3 Å². The fourth-order valence-electron chi connectivity index (χ4n) is 2.32. The van der Waals surface area contributed by atoms with Crippen LogP contribution in [-0.2, 0) is 25.5 Å². The maximum absolute atomic E-state index is 12.1. The molecule has 0 saturated carbocycles. The first kappa shape index (κ1) is 20.2. The first-order valence-corrected chi connectivity index (χ1v) is 8.72. The van der Waals surface area contributed by atoms with Gasteiger partial charge in [0.25, 0.3) is 5.91 Å². The summed E-state index contributed by atoms with van der Waals surface area (Å²) in [5, 5.41) is 8.85. The quantitative estimate of drug-likeness (QED) is 0.651. The van der Waals surface area contributed by atoms with Crippen molar-refractivity contribution in [2.45, 2.75) is 39.2 Å². The van der Waals surface area contributed by atoms with E-state index in [9.17, 15) is 14.4 Å². The van der Waals surface area contributed by atoms with E-state index in [4.69, 9.17) is 9.26 Å². The number of carbonyl (C=O) groups excluding carboxylic acids is 3. The number of aryl methyl sites for hydroxylation is 1. The zero-order valence-corrected chi connectivity index (χ0v) is 15.4. The Hall–Kier alpha value is -3.16. The molecule has 1 atom stereocenters. The van der Waals surface area contributed by atoms with Gasteiger partial charge in [-0.25, -0.2) is 0 Å². The second-order valence-corrected chi connectivity index (χ2v) is 5.96. The molecule has 0 saturated heterocycles. The number of nitrogens with zero attached hydrogens (tertiary/aromatic N) is 1. The van der Waals surface area contributed by atoms with E-state index in [1.165, 1.54) is 0 Å². The molecule has 27 heavy (non-hydrogen) atoms. The zero-order chi connectivity index (χ0) is 19.6. The van der Waals surface area contributed by atoms with Gasteiger partial charge in [0.1, 0.15) is 5.76 Å². The van der Waals surface area contributed by atoms with Crippen molar-refractivity contribution in [3.63, 3.8) is 0 Å². The highest BCUT2D eigenvalue weighted by Crippen LogP contribution is 2.10. The Morgan fingerprint density at radius 2 is 1.96 bits per heavy atom. The average Bonchev–Trinajstić information content (AvgIpc) is 3.05. The van der Waals surface area contributed by atoms with Crippen molar-refractivity contribution in [1.82, 2.24) is 10.5 Å². The molecule has 0 bridgehead atoms. The molecule has 2 rings (SSSR count). The van der Waals surface area contributed by atoms with Crippen LogP contribution in [0.5, 0.6) is 0 Å². The molecule has 2 N–H and O–H groups in total. The number of hydrogen-bond donors (Lipinski definition) is 2. The van der Waals surface area contributed by atoms with Crippen LogP contribution in [0.25, 0.3) is 0 Å². The van der Waals surface area contributed by atoms with E-state index in [0.29, 0.717) is 12.2 Å². The molecule has 1 unspecified atom stereocenters. The zero-order valence-electron chi connectivity index (χ0n) is 15.4. The summed E-state index contributed by atoms with van der Waals surface area (Å²) in [7, 11) is 0. The van der Waals surface area contributed by atoms with E-state index in [-0.39, 0.29) is 31.1 Å². The molecule has 0 spiro atoms. The maximum Gasteiger partial charge on any atom is 0.308 e. The van der Waals surface area contributed by atoms with Crippen LogP contribution in [0.1, 0.15) is 31.1 Å². The van der Waals surface area contributed by atoms with Crippen LogP contribution in [0.2, 0.25) is 0 Å².